The summed E-state index contributed by atoms with van der Waals surface area (Å²) in [6.45, 7) is 5.50. The SMILES string of the molecule is CCNCCNCc1ccc(Cl)c(F)c1. The number of halogens is 2. The second-order valence-electron chi connectivity index (χ2n) is 3.28. The summed E-state index contributed by atoms with van der Waals surface area (Å²) in [5, 5.41) is 6.58. The van der Waals surface area contributed by atoms with Gasteiger partial charge in [0.25, 0.3) is 0 Å². The summed E-state index contributed by atoms with van der Waals surface area (Å²) in [4.78, 5) is 0. The summed E-state index contributed by atoms with van der Waals surface area (Å²) in [5.41, 5.74) is 0.911. The first-order valence-corrected chi connectivity index (χ1v) is 5.47. The van der Waals surface area contributed by atoms with Crippen LogP contribution >= 0.6 is 11.6 Å². The van der Waals surface area contributed by atoms with E-state index in [1.54, 1.807) is 6.07 Å². The van der Waals surface area contributed by atoms with Crippen LogP contribution in [0.5, 0.6) is 0 Å². The zero-order valence-electron chi connectivity index (χ0n) is 8.82. The average molecular weight is 231 g/mol. The molecule has 1 rings (SSSR count). The van der Waals surface area contributed by atoms with E-state index in [2.05, 4.69) is 17.6 Å². The zero-order valence-corrected chi connectivity index (χ0v) is 9.57. The third-order valence-corrected chi connectivity index (χ3v) is 2.35. The van der Waals surface area contributed by atoms with E-state index < -0.39 is 0 Å². The molecule has 0 heterocycles. The first kappa shape index (κ1) is 12.4. The van der Waals surface area contributed by atoms with Crippen LogP contribution in [0.1, 0.15) is 12.5 Å². The number of rotatable bonds is 6. The van der Waals surface area contributed by atoms with Gasteiger partial charge in [-0.25, -0.2) is 4.39 Å². The molecule has 0 aromatic heterocycles. The number of nitrogens with one attached hydrogen (secondary N) is 2. The van der Waals surface area contributed by atoms with E-state index in [9.17, 15) is 4.39 Å². The van der Waals surface area contributed by atoms with Gasteiger partial charge < -0.3 is 10.6 Å². The van der Waals surface area contributed by atoms with Gasteiger partial charge in [-0.1, -0.05) is 24.6 Å². The highest BCUT2D eigenvalue weighted by Crippen LogP contribution is 2.15. The van der Waals surface area contributed by atoms with Crippen molar-refractivity contribution < 1.29 is 4.39 Å². The van der Waals surface area contributed by atoms with E-state index in [1.165, 1.54) is 6.07 Å². The summed E-state index contributed by atoms with van der Waals surface area (Å²) in [5.74, 6) is -0.359. The molecule has 0 aliphatic rings. The highest BCUT2D eigenvalue weighted by Gasteiger charge is 2.00. The van der Waals surface area contributed by atoms with E-state index in [0.717, 1.165) is 25.2 Å². The minimum atomic E-state index is -0.359. The molecule has 0 aliphatic carbocycles. The van der Waals surface area contributed by atoms with Crippen molar-refractivity contribution in [2.24, 2.45) is 0 Å². The average Bonchev–Trinajstić information content (AvgIpc) is 2.23. The fourth-order valence-corrected chi connectivity index (χ4v) is 1.35. The number of likely N-dealkylation sites (N-methyl/N-ethyl adjacent to an activating group) is 1. The smallest absolute Gasteiger partial charge is 0.142 e. The Bertz CT molecular complexity index is 305. The molecule has 0 saturated carbocycles. The molecule has 1 aromatic carbocycles. The molecule has 0 atom stereocenters. The van der Waals surface area contributed by atoms with E-state index >= 15 is 0 Å². The van der Waals surface area contributed by atoms with Gasteiger partial charge in [0, 0.05) is 19.6 Å². The molecule has 0 spiro atoms. The molecule has 2 N–H and O–H groups in total. The van der Waals surface area contributed by atoms with E-state index in [0.29, 0.717) is 6.54 Å². The van der Waals surface area contributed by atoms with Crippen molar-refractivity contribution in [3.05, 3.63) is 34.6 Å². The van der Waals surface area contributed by atoms with Crippen molar-refractivity contribution in [1.82, 2.24) is 10.6 Å². The van der Waals surface area contributed by atoms with Crippen LogP contribution in [-0.4, -0.2) is 19.6 Å². The summed E-state index contributed by atoms with van der Waals surface area (Å²) in [7, 11) is 0. The molecule has 84 valence electrons. The largest absolute Gasteiger partial charge is 0.316 e. The molecule has 4 heteroatoms. The van der Waals surface area contributed by atoms with Crippen molar-refractivity contribution in [3.63, 3.8) is 0 Å². The number of hydrogen-bond donors (Lipinski definition) is 2. The molecule has 0 fully saturated rings. The molecule has 0 radical (unpaired) electrons. The Morgan fingerprint density at radius 2 is 2.00 bits per heavy atom. The lowest BCUT2D eigenvalue weighted by Gasteiger charge is -2.05. The third-order valence-electron chi connectivity index (χ3n) is 2.04. The Hall–Kier alpha value is -0.640. The van der Waals surface area contributed by atoms with Gasteiger partial charge >= 0.3 is 0 Å². The predicted molar refractivity (Wildman–Crippen MR) is 61.7 cm³/mol. The third kappa shape index (κ3) is 4.60. The van der Waals surface area contributed by atoms with Gasteiger partial charge in [-0.15, -0.1) is 0 Å². The van der Waals surface area contributed by atoms with Crippen LogP contribution in [0.4, 0.5) is 4.39 Å². The van der Waals surface area contributed by atoms with Crippen LogP contribution in [0.25, 0.3) is 0 Å². The topological polar surface area (TPSA) is 24.1 Å². The summed E-state index contributed by atoms with van der Waals surface area (Å²) in [6.07, 6.45) is 0. The lowest BCUT2D eigenvalue weighted by Crippen LogP contribution is -2.26. The molecular formula is C11H16ClFN2. The Balaban J connectivity index is 2.28. The van der Waals surface area contributed by atoms with Crippen LogP contribution in [0.3, 0.4) is 0 Å². The summed E-state index contributed by atoms with van der Waals surface area (Å²) >= 11 is 5.58. The lowest BCUT2D eigenvalue weighted by atomic mass is 10.2. The van der Waals surface area contributed by atoms with E-state index in [-0.39, 0.29) is 10.8 Å². The Morgan fingerprint density at radius 1 is 1.27 bits per heavy atom. The van der Waals surface area contributed by atoms with Crippen molar-refractivity contribution >= 4 is 11.6 Å². The molecule has 0 saturated heterocycles. The summed E-state index contributed by atoms with van der Waals surface area (Å²) < 4.78 is 13.0. The van der Waals surface area contributed by atoms with E-state index in [1.807, 2.05) is 6.07 Å². The minimum absolute atomic E-state index is 0.173. The molecular weight excluding hydrogens is 215 g/mol. The first-order chi connectivity index (χ1) is 7.24. The fourth-order valence-electron chi connectivity index (χ4n) is 1.24. The van der Waals surface area contributed by atoms with Crippen LogP contribution in [0, 0.1) is 5.82 Å². The normalized spacial score (nSPS) is 10.6. The maximum atomic E-state index is 13.0. The Morgan fingerprint density at radius 3 is 2.67 bits per heavy atom. The van der Waals surface area contributed by atoms with Gasteiger partial charge in [0.1, 0.15) is 5.82 Å². The second kappa shape index (κ2) is 6.77. The number of hydrogen-bond acceptors (Lipinski definition) is 2. The Labute approximate surface area is 94.8 Å². The van der Waals surface area contributed by atoms with Crippen LogP contribution < -0.4 is 10.6 Å². The van der Waals surface area contributed by atoms with Crippen LogP contribution in [0.2, 0.25) is 5.02 Å². The van der Waals surface area contributed by atoms with Gasteiger partial charge in [-0.3, -0.25) is 0 Å². The summed E-state index contributed by atoms with van der Waals surface area (Å²) in [6, 6.07) is 4.87. The molecule has 1 aromatic rings. The van der Waals surface area contributed by atoms with Crippen LogP contribution in [-0.2, 0) is 6.54 Å². The maximum absolute atomic E-state index is 13.0. The lowest BCUT2D eigenvalue weighted by molar-refractivity contribution is 0.610. The van der Waals surface area contributed by atoms with Gasteiger partial charge in [0.05, 0.1) is 5.02 Å². The van der Waals surface area contributed by atoms with Gasteiger partial charge in [-0.05, 0) is 24.2 Å². The monoisotopic (exact) mass is 230 g/mol. The molecule has 2 nitrogen and oxygen atoms in total. The molecule has 0 unspecified atom stereocenters. The van der Waals surface area contributed by atoms with Gasteiger partial charge in [0.2, 0.25) is 0 Å². The highest BCUT2D eigenvalue weighted by atomic mass is 35.5. The van der Waals surface area contributed by atoms with Crippen molar-refractivity contribution in [3.8, 4) is 0 Å². The molecule has 0 bridgehead atoms. The van der Waals surface area contributed by atoms with Crippen molar-refractivity contribution in [2.75, 3.05) is 19.6 Å². The van der Waals surface area contributed by atoms with E-state index in [4.69, 9.17) is 11.6 Å². The molecule has 15 heavy (non-hydrogen) atoms. The van der Waals surface area contributed by atoms with Crippen molar-refractivity contribution in [2.45, 2.75) is 13.5 Å². The van der Waals surface area contributed by atoms with Crippen LogP contribution in [0.15, 0.2) is 18.2 Å². The number of benzene rings is 1. The van der Waals surface area contributed by atoms with Gasteiger partial charge in [-0.2, -0.15) is 0 Å². The highest BCUT2D eigenvalue weighted by molar-refractivity contribution is 6.30. The maximum Gasteiger partial charge on any atom is 0.142 e. The zero-order chi connectivity index (χ0) is 11.1. The Kier molecular flexibility index (Phi) is 5.61. The molecule has 0 aliphatic heterocycles. The molecule has 0 amide bonds. The standard InChI is InChI=1S/C11H16ClFN2/c1-2-14-5-6-15-8-9-3-4-10(12)11(13)7-9/h3-4,7,14-15H,2,5-6,8H2,1H3. The minimum Gasteiger partial charge on any atom is -0.316 e. The first-order valence-electron chi connectivity index (χ1n) is 5.09. The predicted octanol–water partition coefficient (Wildman–Crippen LogP) is 2.18. The van der Waals surface area contributed by atoms with Gasteiger partial charge in [0.15, 0.2) is 0 Å². The fraction of sp³-hybridized carbons (Fsp3) is 0.455. The quantitative estimate of drug-likeness (QED) is 0.732. The van der Waals surface area contributed by atoms with Crippen molar-refractivity contribution in [1.29, 1.82) is 0 Å². The second-order valence-corrected chi connectivity index (χ2v) is 3.69.